The highest BCUT2D eigenvalue weighted by Gasteiger charge is 2.26. The molecule has 2 N–H and O–H groups in total. The van der Waals surface area contributed by atoms with Gasteiger partial charge < -0.3 is 10.4 Å². The van der Waals surface area contributed by atoms with E-state index >= 15 is 0 Å². The van der Waals surface area contributed by atoms with Crippen molar-refractivity contribution >= 4 is 0 Å². The molecule has 1 aromatic rings. The predicted molar refractivity (Wildman–Crippen MR) is 84.9 cm³/mol. The smallest absolute Gasteiger partial charge is 0.0462 e. The lowest BCUT2D eigenvalue weighted by Gasteiger charge is -2.21. The fourth-order valence-electron chi connectivity index (χ4n) is 3.24. The van der Waals surface area contributed by atoms with Gasteiger partial charge in [-0.15, -0.1) is 0 Å². The zero-order valence-corrected chi connectivity index (χ0v) is 13.1. The van der Waals surface area contributed by atoms with E-state index in [9.17, 15) is 5.11 Å². The van der Waals surface area contributed by atoms with Gasteiger partial charge in [-0.05, 0) is 55.2 Å². The summed E-state index contributed by atoms with van der Waals surface area (Å²) in [5.74, 6) is 1.76. The van der Waals surface area contributed by atoms with E-state index in [2.05, 4.69) is 50.4 Å². The molecule has 1 saturated carbocycles. The Balaban J connectivity index is 1.86. The SMILES string of the molecule is CC(C)c1ccc(C(C)NCC2CCCC2CO)cc1. The van der Waals surface area contributed by atoms with Gasteiger partial charge in [0.1, 0.15) is 0 Å². The largest absolute Gasteiger partial charge is 0.396 e. The zero-order valence-electron chi connectivity index (χ0n) is 13.1. The summed E-state index contributed by atoms with van der Waals surface area (Å²) in [6, 6.07) is 9.35. The van der Waals surface area contributed by atoms with Crippen LogP contribution in [0.15, 0.2) is 24.3 Å². The molecule has 1 aliphatic carbocycles. The van der Waals surface area contributed by atoms with Crippen LogP contribution in [0.2, 0.25) is 0 Å². The minimum Gasteiger partial charge on any atom is -0.396 e. The first-order chi connectivity index (χ1) is 9.61. The van der Waals surface area contributed by atoms with Gasteiger partial charge in [0.05, 0.1) is 0 Å². The Bertz CT molecular complexity index is 398. The molecule has 0 saturated heterocycles. The summed E-state index contributed by atoms with van der Waals surface area (Å²) in [5, 5.41) is 13.0. The van der Waals surface area contributed by atoms with E-state index in [1.165, 1.54) is 30.4 Å². The highest BCUT2D eigenvalue weighted by atomic mass is 16.3. The summed E-state index contributed by atoms with van der Waals surface area (Å²) in [4.78, 5) is 0. The third-order valence-electron chi connectivity index (χ3n) is 4.84. The average molecular weight is 275 g/mol. The molecule has 3 unspecified atom stereocenters. The molecule has 1 aliphatic rings. The van der Waals surface area contributed by atoms with Crippen LogP contribution in [-0.4, -0.2) is 18.3 Å². The van der Waals surface area contributed by atoms with Gasteiger partial charge in [-0.2, -0.15) is 0 Å². The Hall–Kier alpha value is -0.860. The van der Waals surface area contributed by atoms with Gasteiger partial charge in [-0.3, -0.25) is 0 Å². The lowest BCUT2D eigenvalue weighted by Crippen LogP contribution is -2.28. The topological polar surface area (TPSA) is 32.3 Å². The Morgan fingerprint density at radius 2 is 1.65 bits per heavy atom. The molecule has 0 amide bonds. The second kappa shape index (κ2) is 7.24. The first-order valence-corrected chi connectivity index (χ1v) is 8.06. The molecule has 1 fully saturated rings. The molecule has 0 spiro atoms. The molecule has 2 rings (SSSR count). The fraction of sp³-hybridized carbons (Fsp3) is 0.667. The monoisotopic (exact) mass is 275 g/mol. The van der Waals surface area contributed by atoms with Gasteiger partial charge in [0, 0.05) is 12.6 Å². The minimum atomic E-state index is 0.351. The molecule has 0 aliphatic heterocycles. The Labute approximate surface area is 123 Å². The van der Waals surface area contributed by atoms with Crippen LogP contribution in [0, 0.1) is 11.8 Å². The van der Waals surface area contributed by atoms with Crippen molar-refractivity contribution < 1.29 is 5.11 Å². The third kappa shape index (κ3) is 3.83. The van der Waals surface area contributed by atoms with Crippen molar-refractivity contribution in [2.45, 2.75) is 52.0 Å². The summed E-state index contributed by atoms with van der Waals surface area (Å²) in [6.07, 6.45) is 3.73. The van der Waals surface area contributed by atoms with Gasteiger partial charge in [-0.1, -0.05) is 44.5 Å². The molecule has 20 heavy (non-hydrogen) atoms. The van der Waals surface area contributed by atoms with Gasteiger partial charge >= 0.3 is 0 Å². The molecule has 0 bridgehead atoms. The molecule has 0 aromatic heterocycles. The van der Waals surface area contributed by atoms with Crippen molar-refractivity contribution in [1.82, 2.24) is 5.32 Å². The minimum absolute atomic E-state index is 0.351. The van der Waals surface area contributed by atoms with Gasteiger partial charge in [0.25, 0.3) is 0 Å². The van der Waals surface area contributed by atoms with Crippen molar-refractivity contribution in [1.29, 1.82) is 0 Å². The number of aliphatic hydroxyl groups is 1. The average Bonchev–Trinajstić information content (AvgIpc) is 2.92. The molecule has 2 nitrogen and oxygen atoms in total. The van der Waals surface area contributed by atoms with E-state index in [1.807, 2.05) is 0 Å². The maximum atomic E-state index is 9.37. The molecule has 0 radical (unpaired) electrons. The Morgan fingerprint density at radius 1 is 1.05 bits per heavy atom. The van der Waals surface area contributed by atoms with E-state index in [0.717, 1.165) is 6.54 Å². The third-order valence-corrected chi connectivity index (χ3v) is 4.84. The Kier molecular flexibility index (Phi) is 5.62. The van der Waals surface area contributed by atoms with Gasteiger partial charge in [0.15, 0.2) is 0 Å². The van der Waals surface area contributed by atoms with E-state index in [-0.39, 0.29) is 0 Å². The second-order valence-corrected chi connectivity index (χ2v) is 6.58. The maximum absolute atomic E-state index is 9.37. The molecule has 0 heterocycles. The number of hydrogen-bond acceptors (Lipinski definition) is 2. The lowest BCUT2D eigenvalue weighted by atomic mass is 9.96. The van der Waals surface area contributed by atoms with Crippen molar-refractivity contribution in [3.8, 4) is 0 Å². The van der Waals surface area contributed by atoms with Crippen LogP contribution in [0.25, 0.3) is 0 Å². The summed E-state index contributed by atoms with van der Waals surface area (Å²) in [5.41, 5.74) is 2.75. The summed E-state index contributed by atoms with van der Waals surface area (Å²) < 4.78 is 0. The van der Waals surface area contributed by atoms with E-state index in [1.54, 1.807) is 0 Å². The number of hydrogen-bond donors (Lipinski definition) is 2. The van der Waals surface area contributed by atoms with Crippen LogP contribution in [-0.2, 0) is 0 Å². The molecule has 1 aromatic carbocycles. The highest BCUT2D eigenvalue weighted by Crippen LogP contribution is 2.31. The highest BCUT2D eigenvalue weighted by molar-refractivity contribution is 5.26. The summed E-state index contributed by atoms with van der Waals surface area (Å²) in [6.45, 7) is 8.06. The maximum Gasteiger partial charge on any atom is 0.0462 e. The zero-order chi connectivity index (χ0) is 14.5. The lowest BCUT2D eigenvalue weighted by molar-refractivity contribution is 0.190. The van der Waals surface area contributed by atoms with Crippen LogP contribution in [0.5, 0.6) is 0 Å². The van der Waals surface area contributed by atoms with Crippen molar-refractivity contribution in [2.75, 3.05) is 13.2 Å². The second-order valence-electron chi connectivity index (χ2n) is 6.58. The van der Waals surface area contributed by atoms with Gasteiger partial charge in [0.2, 0.25) is 0 Å². The predicted octanol–water partition coefficient (Wildman–Crippen LogP) is 3.87. The summed E-state index contributed by atoms with van der Waals surface area (Å²) >= 11 is 0. The normalized spacial score (nSPS) is 24.2. The van der Waals surface area contributed by atoms with Crippen molar-refractivity contribution in [3.05, 3.63) is 35.4 Å². The molecule has 112 valence electrons. The fourth-order valence-corrected chi connectivity index (χ4v) is 3.24. The van der Waals surface area contributed by atoms with Crippen LogP contribution in [0.3, 0.4) is 0 Å². The number of benzene rings is 1. The van der Waals surface area contributed by atoms with E-state index in [4.69, 9.17) is 0 Å². The number of nitrogens with one attached hydrogen (secondary N) is 1. The van der Waals surface area contributed by atoms with Gasteiger partial charge in [-0.25, -0.2) is 0 Å². The molecular weight excluding hydrogens is 246 g/mol. The van der Waals surface area contributed by atoms with Crippen LogP contribution in [0.1, 0.15) is 63.1 Å². The first kappa shape index (κ1) is 15.5. The van der Waals surface area contributed by atoms with Crippen molar-refractivity contribution in [2.24, 2.45) is 11.8 Å². The molecule has 2 heteroatoms. The van der Waals surface area contributed by atoms with Crippen molar-refractivity contribution in [3.63, 3.8) is 0 Å². The summed E-state index contributed by atoms with van der Waals surface area (Å²) in [7, 11) is 0. The number of aliphatic hydroxyl groups excluding tert-OH is 1. The standard InChI is InChI=1S/C18H29NO/c1-13(2)15-7-9-16(10-8-15)14(3)19-11-17-5-4-6-18(17)12-20/h7-10,13-14,17-20H,4-6,11-12H2,1-3H3. The first-order valence-electron chi connectivity index (χ1n) is 8.06. The van der Waals surface area contributed by atoms with Crippen LogP contribution < -0.4 is 5.32 Å². The van der Waals surface area contributed by atoms with E-state index < -0.39 is 0 Å². The van der Waals surface area contributed by atoms with E-state index in [0.29, 0.717) is 30.4 Å². The quantitative estimate of drug-likeness (QED) is 0.826. The Morgan fingerprint density at radius 3 is 2.25 bits per heavy atom. The number of rotatable bonds is 6. The van der Waals surface area contributed by atoms with Crippen LogP contribution in [0.4, 0.5) is 0 Å². The molecular formula is C18H29NO. The molecule has 3 atom stereocenters. The van der Waals surface area contributed by atoms with Crippen LogP contribution >= 0.6 is 0 Å².